The maximum absolute atomic E-state index is 15.3. The van der Waals surface area contributed by atoms with Gasteiger partial charge in [-0.2, -0.15) is 18.3 Å². The van der Waals surface area contributed by atoms with Crippen LogP contribution in [0.3, 0.4) is 0 Å². The van der Waals surface area contributed by atoms with E-state index in [1.807, 2.05) is 0 Å². The van der Waals surface area contributed by atoms with E-state index < -0.39 is 47.8 Å². The number of fused-ring (bicyclic) bond motifs is 2. The number of rotatable bonds is 2. The number of carbonyl (C=O) groups is 2. The van der Waals surface area contributed by atoms with Crippen LogP contribution >= 0.6 is 0 Å². The highest BCUT2D eigenvalue weighted by molar-refractivity contribution is 5.97. The topological polar surface area (TPSA) is 98.6 Å². The van der Waals surface area contributed by atoms with Crippen LogP contribution in [0, 0.1) is 0 Å². The molecule has 3 atom stereocenters. The minimum atomic E-state index is -4.91. The zero-order chi connectivity index (χ0) is 26.7. The van der Waals surface area contributed by atoms with Crippen molar-refractivity contribution >= 4 is 28.9 Å². The summed E-state index contributed by atoms with van der Waals surface area (Å²) in [4.78, 5) is 29.4. The number of anilines is 1. The minimum Gasteiger partial charge on any atom is -0.444 e. The molecule has 2 aliphatic rings. The lowest BCUT2D eigenvalue weighted by Crippen LogP contribution is -2.35. The summed E-state index contributed by atoms with van der Waals surface area (Å²) in [6.07, 6.45) is -9.67. The molecule has 0 aliphatic carbocycles. The molecule has 0 spiro atoms. The Kier molecular flexibility index (Phi) is 5.76. The van der Waals surface area contributed by atoms with Gasteiger partial charge in [-0.1, -0.05) is 18.2 Å². The summed E-state index contributed by atoms with van der Waals surface area (Å²) in [5.41, 5.74) is -0.542. The first-order valence-corrected chi connectivity index (χ1v) is 11.5. The summed E-state index contributed by atoms with van der Waals surface area (Å²) in [6, 6.07) is 7.13. The minimum absolute atomic E-state index is 0.0275. The number of cyclic esters (lactones) is 1. The van der Waals surface area contributed by atoms with E-state index in [1.54, 1.807) is 45.0 Å². The average molecular weight is 521 g/mol. The summed E-state index contributed by atoms with van der Waals surface area (Å²) < 4.78 is 68.2. The molecule has 3 aromatic rings. The summed E-state index contributed by atoms with van der Waals surface area (Å²) >= 11 is 0. The highest BCUT2D eigenvalue weighted by atomic mass is 19.4. The van der Waals surface area contributed by atoms with Crippen LogP contribution in [0.2, 0.25) is 0 Å². The predicted molar refractivity (Wildman–Crippen MR) is 124 cm³/mol. The Labute approximate surface area is 208 Å². The van der Waals surface area contributed by atoms with Gasteiger partial charge >= 0.3 is 18.4 Å². The fraction of sp³-hybridized carbons (Fsp3) is 0.417. The maximum atomic E-state index is 15.3. The van der Waals surface area contributed by atoms with E-state index >= 15 is 4.39 Å². The number of amides is 2. The van der Waals surface area contributed by atoms with E-state index in [1.165, 1.54) is 21.8 Å². The molecule has 4 heterocycles. The third-order valence-electron chi connectivity index (χ3n) is 6.05. The Balaban J connectivity index is 1.60. The molecule has 0 radical (unpaired) electrons. The molecule has 1 N–H and O–H groups in total. The number of alkyl halides is 4. The number of nitrogens with one attached hydrogen (secondary N) is 1. The quantitative estimate of drug-likeness (QED) is 0.454. The van der Waals surface area contributed by atoms with Crippen LogP contribution in [-0.2, 0) is 9.47 Å². The van der Waals surface area contributed by atoms with E-state index in [0.29, 0.717) is 10.9 Å². The lowest BCUT2D eigenvalue weighted by molar-refractivity contribution is -0.206. The molecule has 2 aromatic heterocycles. The van der Waals surface area contributed by atoms with Crippen LogP contribution in [0.15, 0.2) is 36.5 Å². The number of benzene rings is 1. The number of hydrogen-bond acceptors (Lipinski definition) is 6. The van der Waals surface area contributed by atoms with Crippen molar-refractivity contribution in [3.63, 3.8) is 0 Å². The van der Waals surface area contributed by atoms with Crippen LogP contribution < -0.4 is 5.32 Å². The second-order valence-electron chi connectivity index (χ2n) is 9.85. The van der Waals surface area contributed by atoms with E-state index in [-0.39, 0.29) is 30.2 Å². The zero-order valence-corrected chi connectivity index (χ0v) is 20.0. The van der Waals surface area contributed by atoms with Crippen LogP contribution in [0.25, 0.3) is 22.2 Å². The van der Waals surface area contributed by atoms with E-state index in [9.17, 15) is 22.8 Å². The molecule has 2 aliphatic heterocycles. The summed E-state index contributed by atoms with van der Waals surface area (Å²) in [5, 5.41) is 7.19. The van der Waals surface area contributed by atoms with Crippen LogP contribution in [0.4, 0.5) is 33.0 Å². The molecule has 196 valence electrons. The fourth-order valence-electron chi connectivity index (χ4n) is 4.56. The van der Waals surface area contributed by atoms with Gasteiger partial charge in [0.25, 0.3) is 0 Å². The number of aromatic nitrogens is 3. The lowest BCUT2D eigenvalue weighted by atomic mass is 9.97. The van der Waals surface area contributed by atoms with Gasteiger partial charge in [0.1, 0.15) is 29.3 Å². The summed E-state index contributed by atoms with van der Waals surface area (Å²) in [6.45, 7) is 4.85. The van der Waals surface area contributed by atoms with Crippen LogP contribution in [0.5, 0.6) is 0 Å². The van der Waals surface area contributed by atoms with Crippen molar-refractivity contribution in [1.29, 1.82) is 0 Å². The molecule has 0 bridgehead atoms. The molecule has 37 heavy (non-hydrogen) atoms. The number of likely N-dealkylation sites (tertiary alicyclic amines) is 1. The third-order valence-corrected chi connectivity index (χ3v) is 6.05. The van der Waals surface area contributed by atoms with Gasteiger partial charge in [0, 0.05) is 23.7 Å². The molecular weight excluding hydrogens is 498 g/mol. The number of nitrogens with zero attached hydrogens (tertiary/aromatic N) is 4. The molecular formula is C24H23F4N5O4. The second kappa shape index (κ2) is 8.60. The van der Waals surface area contributed by atoms with Crippen LogP contribution in [-0.4, -0.2) is 62.9 Å². The molecule has 0 saturated carbocycles. The average Bonchev–Trinajstić information content (AvgIpc) is 3.37. The fourth-order valence-corrected chi connectivity index (χ4v) is 4.56. The highest BCUT2D eigenvalue weighted by Crippen LogP contribution is 2.46. The first-order valence-electron chi connectivity index (χ1n) is 11.5. The Bertz CT molecular complexity index is 1380. The Morgan fingerprint density at radius 2 is 1.89 bits per heavy atom. The number of ether oxygens (including phenoxy) is 2. The van der Waals surface area contributed by atoms with Gasteiger partial charge in [-0.25, -0.2) is 19.0 Å². The third kappa shape index (κ3) is 4.53. The molecule has 1 saturated heterocycles. The highest BCUT2D eigenvalue weighted by Gasteiger charge is 2.49. The number of pyridine rings is 1. The number of halogens is 4. The molecule has 1 aromatic carbocycles. The van der Waals surface area contributed by atoms with E-state index in [0.717, 1.165) is 0 Å². The van der Waals surface area contributed by atoms with Crippen molar-refractivity contribution in [3.05, 3.63) is 42.1 Å². The van der Waals surface area contributed by atoms with Gasteiger partial charge in [0.05, 0.1) is 17.6 Å². The van der Waals surface area contributed by atoms with Crippen LogP contribution in [0.1, 0.15) is 38.5 Å². The first-order chi connectivity index (χ1) is 17.3. The van der Waals surface area contributed by atoms with Crippen molar-refractivity contribution in [2.24, 2.45) is 0 Å². The van der Waals surface area contributed by atoms with Crippen molar-refractivity contribution in [2.45, 2.75) is 50.9 Å². The molecule has 2 amide bonds. The number of para-hydroxylation sites is 1. The SMILES string of the molecule is CC(C)(C)OC(=O)N1C[C@@H](n2nc(-c3ccnc4c3[C@H](C(F)(F)F)OC(=O)N4)c3ccccc32)[C@@H](F)C1. The van der Waals surface area contributed by atoms with Gasteiger partial charge in [-0.15, -0.1) is 0 Å². The smallest absolute Gasteiger partial charge is 0.430 e. The van der Waals surface area contributed by atoms with Crippen molar-refractivity contribution in [3.8, 4) is 11.3 Å². The maximum Gasteiger partial charge on any atom is 0.430 e. The molecule has 1 fully saturated rings. The number of hydrogen-bond donors (Lipinski definition) is 1. The standard InChI is InChI=1S/C24H23F4N5O4/c1-23(2,3)37-22(35)32-10-14(25)16(11-32)33-15-7-5-4-6-12(15)18(31-33)13-8-9-29-20-17(13)19(24(26,27)28)36-21(34)30-20/h4-9,14,16,19H,10-11H2,1-3H3,(H,29,30,34)/t14-,16+,19+/m0/s1. The predicted octanol–water partition coefficient (Wildman–Crippen LogP) is 5.39. The van der Waals surface area contributed by atoms with Gasteiger partial charge < -0.3 is 14.4 Å². The molecule has 9 nitrogen and oxygen atoms in total. The lowest BCUT2D eigenvalue weighted by Gasteiger charge is -2.28. The van der Waals surface area contributed by atoms with Crippen molar-refractivity contribution < 1.29 is 36.6 Å². The summed E-state index contributed by atoms with van der Waals surface area (Å²) in [7, 11) is 0. The molecule has 0 unspecified atom stereocenters. The Morgan fingerprint density at radius 1 is 1.16 bits per heavy atom. The van der Waals surface area contributed by atoms with Crippen molar-refractivity contribution in [2.75, 3.05) is 18.4 Å². The van der Waals surface area contributed by atoms with E-state index in [2.05, 4.69) is 20.1 Å². The largest absolute Gasteiger partial charge is 0.444 e. The van der Waals surface area contributed by atoms with Crippen molar-refractivity contribution in [1.82, 2.24) is 19.7 Å². The second-order valence-corrected chi connectivity index (χ2v) is 9.85. The van der Waals surface area contributed by atoms with Gasteiger partial charge in [0.15, 0.2) is 0 Å². The number of carbonyl (C=O) groups excluding carboxylic acids is 2. The van der Waals surface area contributed by atoms with Gasteiger partial charge in [0.2, 0.25) is 6.10 Å². The molecule has 13 heteroatoms. The van der Waals surface area contributed by atoms with E-state index in [4.69, 9.17) is 4.74 Å². The normalized spacial score (nSPS) is 22.0. The monoisotopic (exact) mass is 521 g/mol. The van der Waals surface area contributed by atoms with Gasteiger partial charge in [-0.3, -0.25) is 10.00 Å². The molecule has 5 rings (SSSR count). The Morgan fingerprint density at radius 3 is 2.59 bits per heavy atom. The summed E-state index contributed by atoms with van der Waals surface area (Å²) in [5.74, 6) is -0.296. The van der Waals surface area contributed by atoms with Gasteiger partial charge in [-0.05, 0) is 32.9 Å². The Hall–Kier alpha value is -3.90. The zero-order valence-electron chi connectivity index (χ0n) is 20.0. The first kappa shape index (κ1) is 24.8.